The van der Waals surface area contributed by atoms with Crippen LogP contribution in [0.4, 0.5) is 0 Å². The van der Waals surface area contributed by atoms with Crippen LogP contribution in [-0.4, -0.2) is 12.8 Å². The molecule has 1 saturated carbocycles. The van der Waals surface area contributed by atoms with Gasteiger partial charge in [-0.25, -0.2) is 0 Å². The number of carbonyl (C=O) groups excluding carboxylic acids is 1. The topological polar surface area (TPSA) is 29.1 Å². The molecule has 1 aromatic carbocycles. The maximum absolute atomic E-state index is 12.2. The molecule has 0 heterocycles. The normalized spacial score (nSPS) is 25.8. The molecule has 1 aromatic rings. The van der Waals surface area contributed by atoms with Crippen molar-refractivity contribution in [2.24, 2.45) is 0 Å². The number of nitrogens with one attached hydrogen (secondary N) is 1. The Balaban J connectivity index is 2.48. The number of Topliss-reactive ketones (excluding diaryl/α,β-unsaturated/α-hetero) is 1. The molecule has 2 nitrogen and oxygen atoms in total. The lowest BCUT2D eigenvalue weighted by molar-refractivity contribution is -0.127. The van der Waals surface area contributed by atoms with E-state index < -0.39 is 5.54 Å². The van der Waals surface area contributed by atoms with Gasteiger partial charge >= 0.3 is 0 Å². The second-order valence-corrected chi connectivity index (χ2v) is 5.43. The van der Waals surface area contributed by atoms with E-state index in [1.807, 2.05) is 19.2 Å². The Hall–Kier alpha value is -0.420. The van der Waals surface area contributed by atoms with Crippen molar-refractivity contribution in [3.8, 4) is 0 Å². The Bertz CT molecular complexity index is 405. The monoisotopic (exact) mass is 329 g/mol. The lowest BCUT2D eigenvalue weighted by Gasteiger charge is -2.36. The first-order valence-electron chi connectivity index (χ1n) is 5.68. The molecule has 0 bridgehead atoms. The summed E-state index contributed by atoms with van der Waals surface area (Å²) in [6.07, 6.45) is 3.78. The highest BCUT2D eigenvalue weighted by Gasteiger charge is 2.40. The molecule has 16 heavy (non-hydrogen) atoms. The van der Waals surface area contributed by atoms with E-state index in [0.29, 0.717) is 12.2 Å². The lowest BCUT2D eigenvalue weighted by Crippen LogP contribution is -2.49. The van der Waals surface area contributed by atoms with Gasteiger partial charge in [0.15, 0.2) is 5.78 Å². The van der Waals surface area contributed by atoms with Crippen LogP contribution in [0.25, 0.3) is 0 Å². The van der Waals surface area contributed by atoms with Gasteiger partial charge in [0.05, 0.1) is 0 Å². The number of benzene rings is 1. The highest BCUT2D eigenvalue weighted by atomic mass is 127. The van der Waals surface area contributed by atoms with Gasteiger partial charge in [-0.15, -0.1) is 0 Å². The molecule has 2 rings (SSSR count). The molecule has 1 atom stereocenters. The second kappa shape index (κ2) is 4.84. The summed E-state index contributed by atoms with van der Waals surface area (Å²) in [5.74, 6) is 0.338. The summed E-state index contributed by atoms with van der Waals surface area (Å²) in [6, 6.07) is 8.17. The van der Waals surface area contributed by atoms with Crippen LogP contribution in [0.1, 0.15) is 31.2 Å². The number of rotatable bonds is 2. The van der Waals surface area contributed by atoms with Crippen LogP contribution in [0.15, 0.2) is 24.3 Å². The molecular formula is C13H16INO. The molecule has 1 aliphatic rings. The molecule has 0 aliphatic heterocycles. The summed E-state index contributed by atoms with van der Waals surface area (Å²) in [5.41, 5.74) is 0.707. The van der Waals surface area contributed by atoms with Gasteiger partial charge in [-0.1, -0.05) is 24.6 Å². The van der Waals surface area contributed by atoms with Gasteiger partial charge in [-0.3, -0.25) is 4.79 Å². The average Bonchev–Trinajstić information content (AvgIpc) is 2.31. The fourth-order valence-corrected chi connectivity index (χ4v) is 3.37. The van der Waals surface area contributed by atoms with Crippen molar-refractivity contribution in [2.45, 2.75) is 31.2 Å². The summed E-state index contributed by atoms with van der Waals surface area (Å²) in [4.78, 5) is 12.2. The summed E-state index contributed by atoms with van der Waals surface area (Å²) in [6.45, 7) is 0. The summed E-state index contributed by atoms with van der Waals surface area (Å²) >= 11 is 2.31. The van der Waals surface area contributed by atoms with E-state index in [9.17, 15) is 4.79 Å². The SMILES string of the molecule is CN[C@@]1(c2ccccc2I)CCCCC1=O. The zero-order chi connectivity index (χ0) is 11.6. The summed E-state index contributed by atoms with van der Waals surface area (Å²) in [5, 5.41) is 3.27. The van der Waals surface area contributed by atoms with Crippen molar-refractivity contribution in [3.63, 3.8) is 0 Å². The average molecular weight is 329 g/mol. The smallest absolute Gasteiger partial charge is 0.157 e. The standard InChI is InChI=1S/C13H16INO/c1-15-13(9-5-4-8-12(13)16)10-6-2-3-7-11(10)14/h2-3,6-7,15H,4-5,8-9H2,1H3/t13-/m1/s1. The Kier molecular flexibility index (Phi) is 3.64. The fourth-order valence-electron chi connectivity index (χ4n) is 2.52. The van der Waals surface area contributed by atoms with Crippen LogP contribution in [0.3, 0.4) is 0 Å². The number of ketones is 1. The van der Waals surface area contributed by atoms with E-state index in [1.54, 1.807) is 0 Å². The maximum Gasteiger partial charge on any atom is 0.157 e. The predicted octanol–water partition coefficient (Wildman–Crippen LogP) is 2.85. The van der Waals surface area contributed by atoms with Gasteiger partial charge in [-0.05, 0) is 54.1 Å². The van der Waals surface area contributed by atoms with Gasteiger partial charge in [0.1, 0.15) is 5.54 Å². The van der Waals surface area contributed by atoms with Crippen LogP contribution in [0.5, 0.6) is 0 Å². The van der Waals surface area contributed by atoms with Gasteiger partial charge in [0.25, 0.3) is 0 Å². The first kappa shape index (κ1) is 12.0. The van der Waals surface area contributed by atoms with E-state index in [-0.39, 0.29) is 0 Å². The minimum absolute atomic E-state index is 0.338. The number of halogens is 1. The predicted molar refractivity (Wildman–Crippen MR) is 73.4 cm³/mol. The molecule has 0 unspecified atom stereocenters. The zero-order valence-electron chi connectivity index (χ0n) is 9.42. The summed E-state index contributed by atoms with van der Waals surface area (Å²) in [7, 11) is 1.90. The maximum atomic E-state index is 12.2. The molecule has 0 aromatic heterocycles. The van der Waals surface area contributed by atoms with E-state index in [1.165, 1.54) is 3.57 Å². The third-order valence-corrected chi connectivity index (χ3v) is 4.38. The van der Waals surface area contributed by atoms with Crippen molar-refractivity contribution >= 4 is 28.4 Å². The van der Waals surface area contributed by atoms with Crippen LogP contribution < -0.4 is 5.32 Å². The number of hydrogen-bond acceptors (Lipinski definition) is 2. The molecule has 86 valence electrons. The minimum Gasteiger partial charge on any atom is -0.304 e. The van der Waals surface area contributed by atoms with Gasteiger partial charge < -0.3 is 5.32 Å². The molecular weight excluding hydrogens is 313 g/mol. The Labute approximate surface area is 110 Å². The van der Waals surface area contributed by atoms with Crippen LogP contribution in [0, 0.1) is 3.57 Å². The molecule has 3 heteroatoms. The molecule has 0 spiro atoms. The first-order valence-corrected chi connectivity index (χ1v) is 6.76. The van der Waals surface area contributed by atoms with E-state index in [2.05, 4.69) is 40.0 Å². The van der Waals surface area contributed by atoms with Crippen LogP contribution in [-0.2, 0) is 10.3 Å². The third-order valence-electron chi connectivity index (χ3n) is 3.44. The Morgan fingerprint density at radius 1 is 1.31 bits per heavy atom. The lowest BCUT2D eigenvalue weighted by atomic mass is 9.75. The number of hydrogen-bond donors (Lipinski definition) is 1. The van der Waals surface area contributed by atoms with Crippen molar-refractivity contribution in [2.75, 3.05) is 7.05 Å². The minimum atomic E-state index is -0.434. The van der Waals surface area contributed by atoms with Crippen LogP contribution >= 0.6 is 22.6 Å². The summed E-state index contributed by atoms with van der Waals surface area (Å²) < 4.78 is 1.17. The van der Waals surface area contributed by atoms with Gasteiger partial charge in [0, 0.05) is 9.99 Å². The highest BCUT2D eigenvalue weighted by molar-refractivity contribution is 14.1. The van der Waals surface area contributed by atoms with E-state index in [4.69, 9.17) is 0 Å². The fraction of sp³-hybridized carbons (Fsp3) is 0.462. The van der Waals surface area contributed by atoms with Crippen molar-refractivity contribution in [1.82, 2.24) is 5.32 Å². The van der Waals surface area contributed by atoms with Crippen molar-refractivity contribution in [1.29, 1.82) is 0 Å². The quantitative estimate of drug-likeness (QED) is 0.846. The molecule has 0 radical (unpaired) electrons. The molecule has 1 aliphatic carbocycles. The van der Waals surface area contributed by atoms with Crippen molar-refractivity contribution in [3.05, 3.63) is 33.4 Å². The molecule has 0 saturated heterocycles. The van der Waals surface area contributed by atoms with Gasteiger partial charge in [0.2, 0.25) is 0 Å². The van der Waals surface area contributed by atoms with E-state index >= 15 is 0 Å². The van der Waals surface area contributed by atoms with Crippen LogP contribution in [0.2, 0.25) is 0 Å². The van der Waals surface area contributed by atoms with E-state index in [0.717, 1.165) is 24.8 Å². The molecule has 1 fully saturated rings. The zero-order valence-corrected chi connectivity index (χ0v) is 11.6. The second-order valence-electron chi connectivity index (χ2n) is 4.27. The highest BCUT2D eigenvalue weighted by Crippen LogP contribution is 2.36. The number of carbonyl (C=O) groups is 1. The molecule has 0 amide bonds. The number of likely N-dealkylation sites (N-methyl/N-ethyl adjacent to an activating group) is 1. The Morgan fingerprint density at radius 3 is 2.69 bits per heavy atom. The largest absolute Gasteiger partial charge is 0.304 e. The van der Waals surface area contributed by atoms with Crippen molar-refractivity contribution < 1.29 is 4.79 Å². The molecule has 1 N–H and O–H groups in total. The van der Waals surface area contributed by atoms with Gasteiger partial charge in [-0.2, -0.15) is 0 Å². The Morgan fingerprint density at radius 2 is 2.06 bits per heavy atom. The third kappa shape index (κ3) is 1.91. The first-order chi connectivity index (χ1) is 7.70.